The van der Waals surface area contributed by atoms with Crippen molar-refractivity contribution in [3.63, 3.8) is 0 Å². The largest absolute Gasteiger partial charge is 0.310 e. The van der Waals surface area contributed by atoms with Crippen LogP contribution < -0.4 is 4.90 Å². The molecule has 10 rings (SSSR count). The summed E-state index contributed by atoms with van der Waals surface area (Å²) in [5.41, 5.74) is 14.3. The molecule has 2 nitrogen and oxygen atoms in total. The van der Waals surface area contributed by atoms with E-state index in [1.54, 1.807) is 0 Å². The molecule has 2 heteroatoms. The van der Waals surface area contributed by atoms with E-state index in [0.29, 0.717) is 0 Å². The first kappa shape index (κ1) is 31.6. The summed E-state index contributed by atoms with van der Waals surface area (Å²) < 4.78 is 2.36. The molecule has 0 atom stereocenters. The third kappa shape index (κ3) is 5.62. The molecule has 0 fully saturated rings. The molecule has 0 aliphatic carbocycles. The highest BCUT2D eigenvalue weighted by Crippen LogP contribution is 2.40. The van der Waals surface area contributed by atoms with Crippen LogP contribution in [0.15, 0.2) is 218 Å². The van der Waals surface area contributed by atoms with Crippen LogP contribution in [0.2, 0.25) is 0 Å². The van der Waals surface area contributed by atoms with Crippen LogP contribution in [0.5, 0.6) is 0 Å². The van der Waals surface area contributed by atoms with Crippen LogP contribution in [0.3, 0.4) is 0 Å². The SMILES string of the molecule is c1ccc(N(c2ccc(-c3ccc(-c4ccc(-c5ccc(-n6c7ccccc7c7ccccc76)cc5)cc4)cc3)cc2)c2cccc3ccccc23)cc1. The molecule has 0 spiro atoms. The van der Waals surface area contributed by atoms with E-state index in [9.17, 15) is 0 Å². The predicted molar refractivity (Wildman–Crippen MR) is 229 cm³/mol. The van der Waals surface area contributed by atoms with Gasteiger partial charge in [-0.15, -0.1) is 0 Å². The Labute approximate surface area is 315 Å². The highest BCUT2D eigenvalue weighted by molar-refractivity contribution is 6.09. The summed E-state index contributed by atoms with van der Waals surface area (Å²) in [5, 5.41) is 5.01. The van der Waals surface area contributed by atoms with Crippen molar-refractivity contribution in [2.24, 2.45) is 0 Å². The molecule has 0 saturated heterocycles. The Hall–Kier alpha value is -7.16. The number of anilines is 3. The zero-order chi connectivity index (χ0) is 35.8. The van der Waals surface area contributed by atoms with Crippen molar-refractivity contribution in [2.75, 3.05) is 4.90 Å². The lowest BCUT2D eigenvalue weighted by Crippen LogP contribution is -2.10. The molecule has 1 heterocycles. The molecular weight excluding hydrogens is 653 g/mol. The van der Waals surface area contributed by atoms with Crippen molar-refractivity contribution >= 4 is 49.6 Å². The van der Waals surface area contributed by atoms with E-state index in [2.05, 4.69) is 228 Å². The van der Waals surface area contributed by atoms with Gasteiger partial charge < -0.3 is 9.47 Å². The second-order valence-corrected chi connectivity index (χ2v) is 13.8. The number of rotatable bonds is 7. The topological polar surface area (TPSA) is 8.17 Å². The monoisotopic (exact) mass is 688 g/mol. The number of nitrogens with zero attached hydrogens (tertiary/aromatic N) is 2. The number of hydrogen-bond acceptors (Lipinski definition) is 1. The lowest BCUT2D eigenvalue weighted by molar-refractivity contribution is 1.18. The maximum absolute atomic E-state index is 2.36. The summed E-state index contributed by atoms with van der Waals surface area (Å²) in [6.45, 7) is 0. The van der Waals surface area contributed by atoms with Gasteiger partial charge in [-0.05, 0) is 93.4 Å². The second-order valence-electron chi connectivity index (χ2n) is 13.8. The Morgan fingerprint density at radius 1 is 0.278 bits per heavy atom. The van der Waals surface area contributed by atoms with Gasteiger partial charge in [-0.2, -0.15) is 0 Å². The zero-order valence-corrected chi connectivity index (χ0v) is 29.7. The van der Waals surface area contributed by atoms with Crippen molar-refractivity contribution in [1.82, 2.24) is 4.57 Å². The molecule has 0 aliphatic heterocycles. The highest BCUT2D eigenvalue weighted by Gasteiger charge is 2.16. The number of hydrogen-bond donors (Lipinski definition) is 0. The van der Waals surface area contributed by atoms with Gasteiger partial charge in [-0.3, -0.25) is 0 Å². The summed E-state index contributed by atoms with van der Waals surface area (Å²) in [6.07, 6.45) is 0. The number of aromatic nitrogens is 1. The van der Waals surface area contributed by atoms with Crippen molar-refractivity contribution < 1.29 is 0 Å². The molecule has 0 saturated carbocycles. The molecule has 10 aromatic rings. The lowest BCUT2D eigenvalue weighted by atomic mass is 9.98. The van der Waals surface area contributed by atoms with Crippen LogP contribution in [0.1, 0.15) is 0 Å². The molecule has 0 N–H and O–H groups in total. The van der Waals surface area contributed by atoms with Crippen LogP contribution in [0.4, 0.5) is 17.1 Å². The van der Waals surface area contributed by atoms with Gasteiger partial charge in [-0.25, -0.2) is 0 Å². The van der Waals surface area contributed by atoms with Gasteiger partial charge in [0.15, 0.2) is 0 Å². The molecule has 0 amide bonds. The predicted octanol–water partition coefficient (Wildman–Crippen LogP) is 14.4. The van der Waals surface area contributed by atoms with Crippen LogP contribution >= 0.6 is 0 Å². The maximum atomic E-state index is 2.36. The molecule has 54 heavy (non-hydrogen) atoms. The lowest BCUT2D eigenvalue weighted by Gasteiger charge is -2.27. The second kappa shape index (κ2) is 13.4. The summed E-state index contributed by atoms with van der Waals surface area (Å²) in [7, 11) is 0. The number of fused-ring (bicyclic) bond motifs is 4. The summed E-state index contributed by atoms with van der Waals surface area (Å²) in [5.74, 6) is 0. The molecule has 0 unspecified atom stereocenters. The minimum Gasteiger partial charge on any atom is -0.310 e. The fourth-order valence-corrected chi connectivity index (χ4v) is 7.92. The molecule has 1 aromatic heterocycles. The van der Waals surface area contributed by atoms with Crippen molar-refractivity contribution in [1.29, 1.82) is 0 Å². The smallest absolute Gasteiger partial charge is 0.0541 e. The van der Waals surface area contributed by atoms with Gasteiger partial charge in [0.1, 0.15) is 0 Å². The summed E-state index contributed by atoms with van der Waals surface area (Å²) >= 11 is 0. The fraction of sp³-hybridized carbons (Fsp3) is 0. The van der Waals surface area contributed by atoms with Crippen molar-refractivity contribution in [3.05, 3.63) is 218 Å². The molecular formula is C52H36N2. The quantitative estimate of drug-likeness (QED) is 0.162. The first-order valence-electron chi connectivity index (χ1n) is 18.5. The summed E-state index contributed by atoms with van der Waals surface area (Å²) in [4.78, 5) is 2.35. The Balaban J connectivity index is 0.888. The first-order chi connectivity index (χ1) is 26.8. The van der Waals surface area contributed by atoms with Gasteiger partial charge in [0.05, 0.1) is 16.7 Å². The maximum Gasteiger partial charge on any atom is 0.0541 e. The van der Waals surface area contributed by atoms with Gasteiger partial charge in [-0.1, -0.05) is 164 Å². The Kier molecular flexibility index (Phi) is 7.85. The van der Waals surface area contributed by atoms with E-state index in [1.807, 2.05) is 0 Å². The van der Waals surface area contributed by atoms with E-state index in [0.717, 1.165) is 11.4 Å². The van der Waals surface area contributed by atoms with Crippen molar-refractivity contribution in [3.8, 4) is 39.1 Å². The highest BCUT2D eigenvalue weighted by atomic mass is 15.1. The van der Waals surface area contributed by atoms with Crippen LogP contribution in [-0.2, 0) is 0 Å². The number of para-hydroxylation sites is 3. The van der Waals surface area contributed by atoms with Gasteiger partial charge >= 0.3 is 0 Å². The first-order valence-corrected chi connectivity index (χ1v) is 18.5. The number of benzene rings is 9. The van der Waals surface area contributed by atoms with Gasteiger partial charge in [0, 0.05) is 33.2 Å². The van der Waals surface area contributed by atoms with Gasteiger partial charge in [0.25, 0.3) is 0 Å². The average Bonchev–Trinajstić information content (AvgIpc) is 3.59. The Morgan fingerprint density at radius 3 is 1.20 bits per heavy atom. The average molecular weight is 689 g/mol. The normalized spacial score (nSPS) is 11.3. The van der Waals surface area contributed by atoms with E-state index in [1.165, 1.54) is 77.3 Å². The Morgan fingerprint density at radius 2 is 0.667 bits per heavy atom. The molecule has 9 aromatic carbocycles. The van der Waals surface area contributed by atoms with E-state index in [-0.39, 0.29) is 0 Å². The third-order valence-electron chi connectivity index (χ3n) is 10.6. The molecule has 254 valence electrons. The Bertz CT molecular complexity index is 2830. The van der Waals surface area contributed by atoms with E-state index >= 15 is 0 Å². The zero-order valence-electron chi connectivity index (χ0n) is 29.7. The van der Waals surface area contributed by atoms with E-state index < -0.39 is 0 Å². The van der Waals surface area contributed by atoms with E-state index in [4.69, 9.17) is 0 Å². The molecule has 0 aliphatic rings. The molecule has 0 radical (unpaired) electrons. The third-order valence-corrected chi connectivity index (χ3v) is 10.6. The standard InChI is InChI=1S/C52H36N2/c1-2-13-44(14-3-1)53(50-20-10-12-43-11-4-5-15-47(43)50)45-33-29-41(30-34-45)39-25-21-37(22-26-39)38-23-27-40(28-24-38)42-31-35-46(36-32-42)54-51-18-8-6-16-48(51)49-17-7-9-19-52(49)54/h1-36H. The van der Waals surface area contributed by atoms with Crippen LogP contribution in [-0.4, -0.2) is 4.57 Å². The van der Waals surface area contributed by atoms with Crippen LogP contribution in [0.25, 0.3) is 71.6 Å². The minimum atomic E-state index is 1.12. The fourth-order valence-electron chi connectivity index (χ4n) is 7.92. The minimum absolute atomic E-state index is 1.12. The summed E-state index contributed by atoms with van der Waals surface area (Å²) in [6, 6.07) is 78.7. The molecule has 0 bridgehead atoms. The van der Waals surface area contributed by atoms with Gasteiger partial charge in [0.2, 0.25) is 0 Å². The van der Waals surface area contributed by atoms with Crippen LogP contribution in [0, 0.1) is 0 Å². The van der Waals surface area contributed by atoms with Crippen molar-refractivity contribution in [2.45, 2.75) is 0 Å².